The molecule has 0 bridgehead atoms. The van der Waals surface area contributed by atoms with Crippen LogP contribution in [0.15, 0.2) is 22.8 Å². The summed E-state index contributed by atoms with van der Waals surface area (Å²) in [6.45, 7) is 1.66. The summed E-state index contributed by atoms with van der Waals surface area (Å²) in [6, 6.07) is 2.83. The van der Waals surface area contributed by atoms with Crippen LogP contribution in [-0.4, -0.2) is 28.9 Å². The lowest BCUT2D eigenvalue weighted by Crippen LogP contribution is -2.27. The Bertz CT molecular complexity index is 415. The van der Waals surface area contributed by atoms with Crippen LogP contribution in [-0.2, 0) is 9.53 Å². The molecule has 0 saturated carbocycles. The lowest BCUT2D eigenvalue weighted by atomic mass is 10.2. The number of nitrogens with zero attached hydrogens (tertiary/aromatic N) is 2. The molecule has 6 heteroatoms. The summed E-state index contributed by atoms with van der Waals surface area (Å²) in [5, 5.41) is 0. The molecular weight excluding hydrogens is 200 g/mol. The first-order valence-electron chi connectivity index (χ1n) is 4.18. The number of esters is 1. The topological polar surface area (TPSA) is 92.9 Å². The van der Waals surface area contributed by atoms with Gasteiger partial charge in [-0.05, 0) is 19.1 Å². The summed E-state index contributed by atoms with van der Waals surface area (Å²) in [5.41, 5.74) is 7.81. The molecule has 1 aromatic rings. The van der Waals surface area contributed by atoms with Gasteiger partial charge in [0.25, 0.3) is 0 Å². The van der Waals surface area contributed by atoms with Crippen molar-refractivity contribution in [3.8, 4) is 0 Å². The summed E-state index contributed by atoms with van der Waals surface area (Å²) in [4.78, 5) is 25.2. The third kappa shape index (κ3) is 2.38. The number of ether oxygens (including phenoxy) is 1. The van der Waals surface area contributed by atoms with E-state index in [1.165, 1.54) is 18.4 Å². The number of ketones is 1. The minimum absolute atomic E-state index is 0.0866. The lowest BCUT2D eigenvalue weighted by Gasteiger charge is -1.94. The molecule has 0 aliphatic carbocycles. The van der Waals surface area contributed by atoms with Crippen molar-refractivity contribution in [1.82, 2.24) is 0 Å². The SMILES string of the molecule is CCOC(=O)C(=[N+]=[N-])C(=O)c1ccco1. The van der Waals surface area contributed by atoms with E-state index in [-0.39, 0.29) is 12.4 Å². The normalized spacial score (nSPS) is 9.13. The van der Waals surface area contributed by atoms with Crippen LogP contribution in [0.4, 0.5) is 0 Å². The summed E-state index contributed by atoms with van der Waals surface area (Å²) < 4.78 is 9.28. The summed E-state index contributed by atoms with van der Waals surface area (Å²) >= 11 is 0. The van der Waals surface area contributed by atoms with Crippen LogP contribution in [0.2, 0.25) is 0 Å². The molecule has 15 heavy (non-hydrogen) atoms. The van der Waals surface area contributed by atoms with Gasteiger partial charge in [-0.15, -0.1) is 0 Å². The highest BCUT2D eigenvalue weighted by Gasteiger charge is 2.33. The van der Waals surface area contributed by atoms with E-state index in [1.54, 1.807) is 6.92 Å². The van der Waals surface area contributed by atoms with E-state index in [2.05, 4.69) is 9.53 Å². The Morgan fingerprint density at radius 1 is 1.60 bits per heavy atom. The Morgan fingerprint density at radius 2 is 2.33 bits per heavy atom. The van der Waals surface area contributed by atoms with Crippen LogP contribution in [0, 0.1) is 0 Å². The second-order valence-electron chi connectivity index (χ2n) is 2.48. The van der Waals surface area contributed by atoms with E-state index in [9.17, 15) is 9.59 Å². The first-order chi connectivity index (χ1) is 7.20. The minimum atomic E-state index is -0.985. The highest BCUT2D eigenvalue weighted by Crippen LogP contribution is 2.02. The van der Waals surface area contributed by atoms with Crippen molar-refractivity contribution in [3.63, 3.8) is 0 Å². The smallest absolute Gasteiger partial charge is 0.449 e. The monoisotopic (exact) mass is 208 g/mol. The highest BCUT2D eigenvalue weighted by atomic mass is 16.5. The molecule has 0 aromatic carbocycles. The van der Waals surface area contributed by atoms with Gasteiger partial charge in [0.1, 0.15) is 0 Å². The summed E-state index contributed by atoms with van der Waals surface area (Å²) in [5.74, 6) is -1.89. The molecule has 0 N–H and O–H groups in total. The van der Waals surface area contributed by atoms with Gasteiger partial charge in [-0.1, -0.05) is 0 Å². The first-order valence-corrected chi connectivity index (χ1v) is 4.18. The Hall–Kier alpha value is -2.20. The van der Waals surface area contributed by atoms with Gasteiger partial charge in [0.05, 0.1) is 12.9 Å². The average Bonchev–Trinajstić information content (AvgIpc) is 2.71. The van der Waals surface area contributed by atoms with Gasteiger partial charge in [-0.3, -0.25) is 4.79 Å². The zero-order valence-electron chi connectivity index (χ0n) is 7.97. The van der Waals surface area contributed by atoms with Crippen molar-refractivity contribution >= 4 is 17.5 Å². The largest absolute Gasteiger partial charge is 0.461 e. The average molecular weight is 208 g/mol. The second-order valence-corrected chi connectivity index (χ2v) is 2.48. The Kier molecular flexibility index (Phi) is 3.54. The molecule has 78 valence electrons. The number of rotatable bonds is 4. The maximum Gasteiger partial charge on any atom is 0.449 e. The van der Waals surface area contributed by atoms with E-state index in [1.807, 2.05) is 0 Å². The molecule has 0 aliphatic rings. The standard InChI is InChI=1S/C9H8N2O4/c1-2-14-9(13)7(11-10)8(12)6-4-3-5-15-6/h3-5H,2H2,1H3. The quantitative estimate of drug-likeness (QED) is 0.182. The Labute approximate surface area is 85.1 Å². The third-order valence-electron chi connectivity index (χ3n) is 1.53. The van der Waals surface area contributed by atoms with Crippen molar-refractivity contribution in [2.45, 2.75) is 6.92 Å². The molecule has 0 atom stereocenters. The molecule has 6 nitrogen and oxygen atoms in total. The predicted octanol–water partition coefficient (Wildman–Crippen LogP) is 0.696. The molecule has 1 rings (SSSR count). The number of hydrogen-bond acceptors (Lipinski definition) is 4. The Balaban J connectivity index is 2.91. The minimum Gasteiger partial charge on any atom is -0.461 e. The van der Waals surface area contributed by atoms with Crippen molar-refractivity contribution in [2.24, 2.45) is 0 Å². The first kappa shape index (κ1) is 10.9. The van der Waals surface area contributed by atoms with Crippen LogP contribution in [0.5, 0.6) is 0 Å². The van der Waals surface area contributed by atoms with Crippen molar-refractivity contribution < 1.29 is 23.5 Å². The van der Waals surface area contributed by atoms with Gasteiger partial charge in [0.2, 0.25) is 0 Å². The molecule has 0 radical (unpaired) electrons. The van der Waals surface area contributed by atoms with Crippen LogP contribution >= 0.6 is 0 Å². The van der Waals surface area contributed by atoms with Gasteiger partial charge in [-0.2, -0.15) is 4.79 Å². The number of Topliss-reactive ketones (excluding diaryl/α,β-unsaturated/α-hetero) is 1. The Morgan fingerprint density at radius 3 is 2.80 bits per heavy atom. The molecule has 0 saturated heterocycles. The fourth-order valence-electron chi connectivity index (χ4n) is 0.903. The second kappa shape index (κ2) is 4.88. The van der Waals surface area contributed by atoms with E-state index in [4.69, 9.17) is 9.95 Å². The maximum absolute atomic E-state index is 11.5. The number of furan rings is 1. The lowest BCUT2D eigenvalue weighted by molar-refractivity contribution is -0.139. The summed E-state index contributed by atoms with van der Waals surface area (Å²) in [6.07, 6.45) is 1.27. The fourth-order valence-corrected chi connectivity index (χ4v) is 0.903. The van der Waals surface area contributed by atoms with E-state index in [0.29, 0.717) is 0 Å². The van der Waals surface area contributed by atoms with Gasteiger partial charge >= 0.3 is 17.5 Å². The van der Waals surface area contributed by atoms with E-state index >= 15 is 0 Å². The zero-order chi connectivity index (χ0) is 11.3. The fraction of sp³-hybridized carbons (Fsp3) is 0.222. The molecule has 0 aliphatic heterocycles. The summed E-state index contributed by atoms with van der Waals surface area (Å²) in [7, 11) is 0. The van der Waals surface area contributed by atoms with Crippen molar-refractivity contribution in [2.75, 3.05) is 6.61 Å². The van der Waals surface area contributed by atoms with E-state index < -0.39 is 17.5 Å². The van der Waals surface area contributed by atoms with Crippen molar-refractivity contribution in [3.05, 3.63) is 29.7 Å². The predicted molar refractivity (Wildman–Crippen MR) is 48.3 cm³/mol. The molecule has 0 spiro atoms. The van der Waals surface area contributed by atoms with Gasteiger partial charge in [0, 0.05) is 0 Å². The molecule has 0 amide bonds. The number of carbonyl (C=O) groups is 2. The molecule has 0 unspecified atom stereocenters. The van der Waals surface area contributed by atoms with Gasteiger partial charge in [-0.25, -0.2) is 4.79 Å². The van der Waals surface area contributed by atoms with Crippen molar-refractivity contribution in [1.29, 1.82) is 0 Å². The van der Waals surface area contributed by atoms with E-state index in [0.717, 1.165) is 0 Å². The third-order valence-corrected chi connectivity index (χ3v) is 1.53. The number of carbonyl (C=O) groups excluding carboxylic acids is 2. The highest BCUT2D eigenvalue weighted by molar-refractivity contribution is 6.65. The molecular formula is C9H8N2O4. The molecule has 0 fully saturated rings. The van der Waals surface area contributed by atoms with Crippen LogP contribution in [0.25, 0.3) is 5.53 Å². The van der Waals surface area contributed by atoms with Crippen LogP contribution in [0.3, 0.4) is 0 Å². The maximum atomic E-state index is 11.5. The van der Waals surface area contributed by atoms with Crippen LogP contribution < -0.4 is 0 Å². The van der Waals surface area contributed by atoms with Gasteiger partial charge < -0.3 is 14.7 Å². The zero-order valence-corrected chi connectivity index (χ0v) is 7.97. The number of hydrogen-bond donors (Lipinski definition) is 0. The van der Waals surface area contributed by atoms with Crippen LogP contribution in [0.1, 0.15) is 17.5 Å². The molecule has 1 aromatic heterocycles. The molecule has 1 heterocycles. The van der Waals surface area contributed by atoms with Gasteiger partial charge in [0.15, 0.2) is 5.76 Å².